The zero-order valence-electron chi connectivity index (χ0n) is 20.8. The fourth-order valence-corrected chi connectivity index (χ4v) is 4.38. The molecule has 1 amide bonds. The van der Waals surface area contributed by atoms with E-state index in [4.69, 9.17) is 5.73 Å². The number of hydrogen-bond donors (Lipinski definition) is 4. The van der Waals surface area contributed by atoms with E-state index in [0.717, 1.165) is 33.3 Å². The maximum absolute atomic E-state index is 13.3. The summed E-state index contributed by atoms with van der Waals surface area (Å²) >= 11 is 0. The van der Waals surface area contributed by atoms with Crippen LogP contribution in [0.2, 0.25) is 0 Å². The summed E-state index contributed by atoms with van der Waals surface area (Å²) in [6, 6.07) is 13.5. The molecule has 5 N–H and O–H groups in total. The third-order valence-corrected chi connectivity index (χ3v) is 6.31. The summed E-state index contributed by atoms with van der Waals surface area (Å²) in [4.78, 5) is 24.0. The molecule has 0 saturated heterocycles. The molecular formula is C27H27FN8O. The van der Waals surface area contributed by atoms with E-state index in [2.05, 4.69) is 51.1 Å². The predicted molar refractivity (Wildman–Crippen MR) is 144 cm³/mol. The number of rotatable bonds is 7. The van der Waals surface area contributed by atoms with Crippen LogP contribution in [0.1, 0.15) is 36.5 Å². The third kappa shape index (κ3) is 4.49. The molecule has 0 spiro atoms. The Morgan fingerprint density at radius 2 is 2.00 bits per heavy atom. The molecule has 5 aromatic rings. The van der Waals surface area contributed by atoms with Crippen molar-refractivity contribution in [2.75, 3.05) is 16.4 Å². The van der Waals surface area contributed by atoms with Gasteiger partial charge in [0.2, 0.25) is 11.9 Å². The topological polar surface area (TPSA) is 126 Å². The van der Waals surface area contributed by atoms with Crippen molar-refractivity contribution in [3.8, 4) is 11.3 Å². The number of carbonyl (C=O) groups excluding carboxylic acids is 1. The van der Waals surface area contributed by atoms with Gasteiger partial charge in [0.15, 0.2) is 11.5 Å². The van der Waals surface area contributed by atoms with E-state index in [9.17, 15) is 9.18 Å². The van der Waals surface area contributed by atoms with Crippen molar-refractivity contribution in [1.82, 2.24) is 24.6 Å². The first kappa shape index (κ1) is 24.0. The number of aryl methyl sites for hydroxylation is 1. The number of benzene rings is 2. The Kier molecular flexibility index (Phi) is 6.08. The molecule has 3 heterocycles. The van der Waals surface area contributed by atoms with Crippen molar-refractivity contribution >= 4 is 40.0 Å². The molecule has 3 aromatic heterocycles. The molecule has 0 bridgehead atoms. The van der Waals surface area contributed by atoms with Crippen LogP contribution in [0.15, 0.2) is 61.1 Å². The number of aromatic amines is 1. The number of nitrogen functional groups attached to an aromatic ring is 1. The molecule has 9 nitrogen and oxygen atoms in total. The summed E-state index contributed by atoms with van der Waals surface area (Å²) in [5.74, 6) is -1.02. The Labute approximate surface area is 212 Å². The Morgan fingerprint density at radius 1 is 1.22 bits per heavy atom. The fourth-order valence-electron chi connectivity index (χ4n) is 4.38. The lowest BCUT2D eigenvalue weighted by molar-refractivity contribution is -0.114. The second-order valence-electron chi connectivity index (χ2n) is 9.16. The summed E-state index contributed by atoms with van der Waals surface area (Å²) in [5.41, 5.74) is 12.8. The van der Waals surface area contributed by atoms with Crippen molar-refractivity contribution in [3.05, 3.63) is 77.8 Å². The highest BCUT2D eigenvalue weighted by Crippen LogP contribution is 2.32. The third-order valence-electron chi connectivity index (χ3n) is 6.31. The standard InChI is InChI=1S/C27H27FN8O/c1-14(2)19-13-31-36-24(19)34-26(29)35-27(36)30-12-20-15(3)7-5-9-18(20)22-11-17-8-6-10-21(23(17)32-22)33-25(37)16(4)28/h5-11,13-14,32H,4,12H2,1-3H3,(H,33,37)(H3,29,30,34,35). The van der Waals surface area contributed by atoms with E-state index in [1.807, 2.05) is 37.3 Å². The summed E-state index contributed by atoms with van der Waals surface area (Å²) in [7, 11) is 0. The number of para-hydroxylation sites is 1. The van der Waals surface area contributed by atoms with Crippen LogP contribution in [0.25, 0.3) is 27.8 Å². The summed E-state index contributed by atoms with van der Waals surface area (Å²) < 4.78 is 15.0. The Bertz CT molecular complexity index is 1670. The maximum atomic E-state index is 13.3. The van der Waals surface area contributed by atoms with Gasteiger partial charge in [-0.3, -0.25) is 4.79 Å². The number of nitrogens with one attached hydrogen (secondary N) is 3. The first-order valence-electron chi connectivity index (χ1n) is 11.8. The largest absolute Gasteiger partial charge is 0.368 e. The highest BCUT2D eigenvalue weighted by atomic mass is 19.1. The molecule has 0 aliphatic carbocycles. The molecule has 37 heavy (non-hydrogen) atoms. The minimum Gasteiger partial charge on any atom is -0.368 e. The number of hydrogen-bond acceptors (Lipinski definition) is 6. The summed E-state index contributed by atoms with van der Waals surface area (Å²) in [5, 5.41) is 11.3. The number of fused-ring (bicyclic) bond motifs is 2. The Morgan fingerprint density at radius 3 is 2.76 bits per heavy atom. The number of H-pyrrole nitrogens is 1. The van der Waals surface area contributed by atoms with Crippen molar-refractivity contribution in [2.45, 2.75) is 33.2 Å². The van der Waals surface area contributed by atoms with E-state index >= 15 is 0 Å². The lowest BCUT2D eigenvalue weighted by Crippen LogP contribution is -2.12. The van der Waals surface area contributed by atoms with Gasteiger partial charge in [0.05, 0.1) is 17.4 Å². The van der Waals surface area contributed by atoms with Crippen LogP contribution in [0.3, 0.4) is 0 Å². The van der Waals surface area contributed by atoms with Gasteiger partial charge in [-0.25, -0.2) is 4.39 Å². The first-order chi connectivity index (χ1) is 17.7. The molecule has 0 atom stereocenters. The van der Waals surface area contributed by atoms with Gasteiger partial charge in [-0.2, -0.15) is 19.6 Å². The van der Waals surface area contributed by atoms with Crippen molar-refractivity contribution in [3.63, 3.8) is 0 Å². The number of amides is 1. The van der Waals surface area contributed by atoms with E-state index in [1.54, 1.807) is 22.8 Å². The van der Waals surface area contributed by atoms with Gasteiger partial charge in [0.1, 0.15) is 0 Å². The van der Waals surface area contributed by atoms with E-state index in [1.165, 1.54) is 0 Å². The number of nitrogens with zero attached hydrogens (tertiary/aromatic N) is 4. The van der Waals surface area contributed by atoms with Crippen molar-refractivity contribution in [2.24, 2.45) is 0 Å². The number of nitrogens with two attached hydrogens (primary N) is 1. The van der Waals surface area contributed by atoms with Crippen LogP contribution in [0.5, 0.6) is 0 Å². The average molecular weight is 499 g/mol. The highest BCUT2D eigenvalue weighted by Gasteiger charge is 2.17. The van der Waals surface area contributed by atoms with Gasteiger partial charge in [0.25, 0.3) is 5.91 Å². The Balaban J connectivity index is 1.51. The van der Waals surface area contributed by atoms with E-state index in [-0.39, 0.29) is 11.9 Å². The predicted octanol–water partition coefficient (Wildman–Crippen LogP) is 5.32. The first-order valence-corrected chi connectivity index (χ1v) is 11.8. The quantitative estimate of drug-likeness (QED) is 0.225. The molecule has 0 aliphatic heterocycles. The molecule has 2 aromatic carbocycles. The summed E-state index contributed by atoms with van der Waals surface area (Å²) in [6.07, 6.45) is 1.79. The number of anilines is 3. The smallest absolute Gasteiger partial charge is 0.283 e. The van der Waals surface area contributed by atoms with Crippen molar-refractivity contribution < 1.29 is 9.18 Å². The molecule has 0 fully saturated rings. The van der Waals surface area contributed by atoms with Crippen LogP contribution in [-0.2, 0) is 11.3 Å². The number of aromatic nitrogens is 5. The van der Waals surface area contributed by atoms with Crippen LogP contribution < -0.4 is 16.4 Å². The zero-order chi connectivity index (χ0) is 26.3. The van der Waals surface area contributed by atoms with Crippen LogP contribution in [0.4, 0.5) is 22.0 Å². The molecule has 0 saturated carbocycles. The van der Waals surface area contributed by atoms with Gasteiger partial charge >= 0.3 is 0 Å². The van der Waals surface area contributed by atoms with E-state index in [0.29, 0.717) is 29.3 Å². The molecule has 5 rings (SSSR count). The SMILES string of the molecule is C=C(F)C(=O)Nc1cccc2cc(-c3cccc(C)c3CNc3nc(N)nc4c(C(C)C)cnn34)[nH]c12. The van der Waals surface area contributed by atoms with Crippen LogP contribution in [-0.4, -0.2) is 30.5 Å². The van der Waals surface area contributed by atoms with Crippen LogP contribution in [0, 0.1) is 6.92 Å². The average Bonchev–Trinajstić information content (AvgIpc) is 3.48. The van der Waals surface area contributed by atoms with Gasteiger partial charge in [-0.05, 0) is 36.1 Å². The van der Waals surface area contributed by atoms with Gasteiger partial charge in [-0.1, -0.05) is 50.8 Å². The van der Waals surface area contributed by atoms with Crippen molar-refractivity contribution in [1.29, 1.82) is 0 Å². The summed E-state index contributed by atoms with van der Waals surface area (Å²) in [6.45, 7) is 9.71. The van der Waals surface area contributed by atoms with Gasteiger partial charge < -0.3 is 21.4 Å². The Hall–Kier alpha value is -4.73. The monoisotopic (exact) mass is 498 g/mol. The molecule has 0 radical (unpaired) electrons. The molecule has 0 aliphatic rings. The fraction of sp³-hybridized carbons (Fsp3) is 0.185. The maximum Gasteiger partial charge on any atom is 0.283 e. The van der Waals surface area contributed by atoms with E-state index < -0.39 is 11.7 Å². The molecule has 188 valence electrons. The van der Waals surface area contributed by atoms with Crippen LogP contribution >= 0.6 is 0 Å². The normalized spacial score (nSPS) is 11.4. The second kappa shape index (κ2) is 9.38. The minimum absolute atomic E-state index is 0.170. The molecule has 0 unspecified atom stereocenters. The zero-order valence-corrected chi connectivity index (χ0v) is 20.8. The molecule has 10 heteroatoms. The second-order valence-corrected chi connectivity index (χ2v) is 9.16. The van der Waals surface area contributed by atoms with Gasteiger partial charge in [-0.15, -0.1) is 0 Å². The lowest BCUT2D eigenvalue weighted by atomic mass is 9.99. The minimum atomic E-state index is -1.05. The van der Waals surface area contributed by atoms with Gasteiger partial charge in [0, 0.05) is 28.8 Å². The lowest BCUT2D eigenvalue weighted by Gasteiger charge is -2.14. The number of halogens is 1. The molecular weight excluding hydrogens is 471 g/mol. The number of carbonyl (C=O) groups is 1. The highest BCUT2D eigenvalue weighted by molar-refractivity contribution is 6.07.